The van der Waals surface area contributed by atoms with Crippen LogP contribution in [0.5, 0.6) is 0 Å². The van der Waals surface area contributed by atoms with Crippen molar-refractivity contribution in [3.8, 4) is 0 Å². The van der Waals surface area contributed by atoms with Crippen LogP contribution in [0.3, 0.4) is 0 Å². The van der Waals surface area contributed by atoms with Gasteiger partial charge in [-0.25, -0.2) is 4.79 Å². The highest BCUT2D eigenvalue weighted by atomic mass is 16.5. The minimum Gasteiger partial charge on any atom is -0.462 e. The molecule has 1 saturated heterocycles. The number of anilines is 1. The number of esters is 1. The number of carbonyl (C=O) groups is 1. The molecule has 3 rings (SSSR count). The molecule has 1 aliphatic heterocycles. The molecule has 0 radical (unpaired) electrons. The van der Waals surface area contributed by atoms with Crippen molar-refractivity contribution in [3.05, 3.63) is 29.8 Å². The smallest absolute Gasteiger partial charge is 0.338 e. The molecule has 2 unspecified atom stereocenters. The number of carbonyl (C=O) groups excluding carboxylic acids is 1. The molecule has 0 N–H and O–H groups in total. The maximum absolute atomic E-state index is 11.7. The van der Waals surface area contributed by atoms with Gasteiger partial charge in [-0.1, -0.05) is 20.8 Å². The van der Waals surface area contributed by atoms with Gasteiger partial charge in [-0.15, -0.1) is 0 Å². The molecule has 0 amide bonds. The van der Waals surface area contributed by atoms with Gasteiger partial charge < -0.3 is 9.64 Å². The van der Waals surface area contributed by atoms with Crippen LogP contribution >= 0.6 is 0 Å². The van der Waals surface area contributed by atoms with E-state index in [1.54, 1.807) is 0 Å². The molecule has 3 heteroatoms. The lowest BCUT2D eigenvalue weighted by Gasteiger charge is -2.51. The molecule has 1 saturated carbocycles. The SMILES string of the molecule is CCOC(=O)c1ccc(N2CC3CCC(C)(C2)C3(C)C)cc1. The van der Waals surface area contributed by atoms with Crippen molar-refractivity contribution in [3.63, 3.8) is 0 Å². The van der Waals surface area contributed by atoms with E-state index in [2.05, 4.69) is 37.8 Å². The van der Waals surface area contributed by atoms with Gasteiger partial charge in [-0.05, 0) is 60.8 Å². The van der Waals surface area contributed by atoms with Crippen LogP contribution in [0.1, 0.15) is 50.9 Å². The van der Waals surface area contributed by atoms with Crippen molar-refractivity contribution in [2.24, 2.45) is 16.7 Å². The minimum absolute atomic E-state index is 0.235. The number of benzene rings is 1. The molecule has 2 bridgehead atoms. The second kappa shape index (κ2) is 5.29. The second-order valence-electron chi connectivity index (χ2n) is 7.67. The third kappa shape index (κ3) is 2.31. The van der Waals surface area contributed by atoms with Crippen LogP contribution < -0.4 is 4.90 Å². The number of piperidine rings is 1. The average Bonchev–Trinajstić information content (AvgIpc) is 2.65. The Morgan fingerprint density at radius 3 is 2.55 bits per heavy atom. The topological polar surface area (TPSA) is 29.5 Å². The summed E-state index contributed by atoms with van der Waals surface area (Å²) in [6, 6.07) is 7.90. The standard InChI is InChI=1S/C19H27NO2/c1-5-22-17(21)14-6-8-16(9-7-14)20-12-15-10-11-19(4,13-20)18(15,2)3/h6-9,15H,5,10-13H2,1-4H3. The predicted molar refractivity (Wildman–Crippen MR) is 89.2 cm³/mol. The summed E-state index contributed by atoms with van der Waals surface area (Å²) < 4.78 is 5.05. The molecule has 2 atom stereocenters. The number of ether oxygens (including phenoxy) is 1. The van der Waals surface area contributed by atoms with E-state index in [4.69, 9.17) is 4.74 Å². The summed E-state index contributed by atoms with van der Waals surface area (Å²) in [6.45, 7) is 11.8. The molecule has 1 aliphatic carbocycles. The zero-order chi connectivity index (χ0) is 16.0. The monoisotopic (exact) mass is 301 g/mol. The van der Waals surface area contributed by atoms with Crippen molar-refractivity contribution in [2.75, 3.05) is 24.6 Å². The largest absolute Gasteiger partial charge is 0.462 e. The Bertz CT molecular complexity index is 563. The van der Waals surface area contributed by atoms with E-state index in [9.17, 15) is 4.79 Å². The molecule has 1 heterocycles. The van der Waals surface area contributed by atoms with E-state index >= 15 is 0 Å². The summed E-state index contributed by atoms with van der Waals surface area (Å²) in [5.41, 5.74) is 2.67. The van der Waals surface area contributed by atoms with Gasteiger partial charge in [0.15, 0.2) is 0 Å². The fourth-order valence-corrected chi connectivity index (χ4v) is 4.24. The van der Waals surface area contributed by atoms with Crippen LogP contribution in [0.2, 0.25) is 0 Å². The number of fused-ring (bicyclic) bond motifs is 2. The number of nitrogens with zero attached hydrogens (tertiary/aromatic N) is 1. The van der Waals surface area contributed by atoms with Crippen molar-refractivity contribution in [2.45, 2.75) is 40.5 Å². The van der Waals surface area contributed by atoms with Crippen molar-refractivity contribution >= 4 is 11.7 Å². The summed E-state index contributed by atoms with van der Waals surface area (Å²) in [5.74, 6) is 0.525. The Hall–Kier alpha value is -1.51. The lowest BCUT2D eigenvalue weighted by atomic mass is 9.63. The van der Waals surface area contributed by atoms with Crippen LogP contribution in [0.25, 0.3) is 0 Å². The predicted octanol–water partition coefficient (Wildman–Crippen LogP) is 4.13. The molecule has 3 nitrogen and oxygen atoms in total. The highest BCUT2D eigenvalue weighted by Crippen LogP contribution is 2.59. The summed E-state index contributed by atoms with van der Waals surface area (Å²) in [6.07, 6.45) is 2.66. The average molecular weight is 301 g/mol. The van der Waals surface area contributed by atoms with Gasteiger partial charge in [-0.2, -0.15) is 0 Å². The van der Waals surface area contributed by atoms with Gasteiger partial charge in [0.05, 0.1) is 12.2 Å². The number of hydrogen-bond acceptors (Lipinski definition) is 3. The molecule has 1 aromatic carbocycles. The van der Waals surface area contributed by atoms with Gasteiger partial charge >= 0.3 is 5.97 Å². The molecule has 120 valence electrons. The first-order chi connectivity index (χ1) is 10.4. The maximum atomic E-state index is 11.7. The van der Waals surface area contributed by atoms with E-state index in [1.807, 2.05) is 19.1 Å². The quantitative estimate of drug-likeness (QED) is 0.786. The Kier molecular flexibility index (Phi) is 3.70. The Morgan fingerprint density at radius 2 is 1.95 bits per heavy atom. The van der Waals surface area contributed by atoms with Gasteiger partial charge in [-0.3, -0.25) is 0 Å². The lowest BCUT2D eigenvalue weighted by molar-refractivity contribution is 0.0526. The Balaban J connectivity index is 1.78. The third-order valence-corrected chi connectivity index (χ3v) is 6.34. The van der Waals surface area contributed by atoms with Crippen molar-refractivity contribution < 1.29 is 9.53 Å². The minimum atomic E-state index is -0.235. The molecule has 1 aromatic rings. The summed E-state index contributed by atoms with van der Waals surface area (Å²) in [5, 5.41) is 0. The fourth-order valence-electron chi connectivity index (χ4n) is 4.24. The van der Waals surface area contributed by atoms with Crippen LogP contribution in [-0.2, 0) is 4.74 Å². The van der Waals surface area contributed by atoms with Crippen LogP contribution in [0.4, 0.5) is 5.69 Å². The first-order valence-electron chi connectivity index (χ1n) is 8.39. The fraction of sp³-hybridized carbons (Fsp3) is 0.632. The van der Waals surface area contributed by atoms with E-state index in [-0.39, 0.29) is 5.97 Å². The Morgan fingerprint density at radius 1 is 1.27 bits per heavy atom. The van der Waals surface area contributed by atoms with E-state index in [0.29, 0.717) is 23.0 Å². The lowest BCUT2D eigenvalue weighted by Crippen LogP contribution is -2.52. The van der Waals surface area contributed by atoms with Crippen molar-refractivity contribution in [1.82, 2.24) is 0 Å². The van der Waals surface area contributed by atoms with Gasteiger partial charge in [0.1, 0.15) is 0 Å². The van der Waals surface area contributed by atoms with Crippen LogP contribution in [0.15, 0.2) is 24.3 Å². The highest BCUT2D eigenvalue weighted by molar-refractivity contribution is 5.89. The number of rotatable bonds is 3. The summed E-state index contributed by atoms with van der Waals surface area (Å²) in [7, 11) is 0. The van der Waals surface area contributed by atoms with Crippen LogP contribution in [-0.4, -0.2) is 25.7 Å². The molecule has 2 aliphatic rings. The molecular weight excluding hydrogens is 274 g/mol. The normalized spacial score (nSPS) is 29.5. The van der Waals surface area contributed by atoms with E-state index in [1.165, 1.54) is 18.5 Å². The summed E-state index contributed by atoms with van der Waals surface area (Å²) in [4.78, 5) is 14.2. The first-order valence-corrected chi connectivity index (χ1v) is 8.39. The Labute approximate surface area is 133 Å². The zero-order valence-electron chi connectivity index (χ0n) is 14.2. The molecular formula is C19H27NO2. The van der Waals surface area contributed by atoms with Gasteiger partial charge in [0.25, 0.3) is 0 Å². The third-order valence-electron chi connectivity index (χ3n) is 6.34. The van der Waals surface area contributed by atoms with E-state index in [0.717, 1.165) is 19.0 Å². The maximum Gasteiger partial charge on any atom is 0.338 e. The van der Waals surface area contributed by atoms with Gasteiger partial charge in [0.2, 0.25) is 0 Å². The highest BCUT2D eigenvalue weighted by Gasteiger charge is 2.55. The molecule has 0 aromatic heterocycles. The molecule has 0 spiro atoms. The second-order valence-corrected chi connectivity index (χ2v) is 7.67. The van der Waals surface area contributed by atoms with Crippen molar-refractivity contribution in [1.29, 1.82) is 0 Å². The zero-order valence-corrected chi connectivity index (χ0v) is 14.2. The van der Waals surface area contributed by atoms with Gasteiger partial charge in [0, 0.05) is 18.8 Å². The molecule has 2 fully saturated rings. The van der Waals surface area contributed by atoms with Crippen LogP contribution in [0, 0.1) is 16.7 Å². The number of hydrogen-bond donors (Lipinski definition) is 0. The summed E-state index contributed by atoms with van der Waals surface area (Å²) >= 11 is 0. The first kappa shape index (κ1) is 15.4. The molecule has 22 heavy (non-hydrogen) atoms. The van der Waals surface area contributed by atoms with E-state index < -0.39 is 0 Å².